The first kappa shape index (κ1) is 24.1. The molecule has 0 aliphatic carbocycles. The predicted octanol–water partition coefficient (Wildman–Crippen LogP) is 5.19. The van der Waals surface area contributed by atoms with Crippen LogP contribution >= 0.6 is 0 Å². The standard InChI is InChI=1S/C8H16.C3H8.C2H6.CH4O/c1-4-5-6-7-8(2)3;1-3-2;2*1-2/h2,4-7H2,1,3H3;3H2,1-2H3;1-2H3;2H,1H3. The molecular weight excluding hydrogens is 184 g/mol. The predicted molar refractivity (Wildman–Crippen MR) is 74.4 cm³/mol. The van der Waals surface area contributed by atoms with Gasteiger partial charge in [-0.2, -0.15) is 0 Å². The minimum Gasteiger partial charge on any atom is -0.400 e. The molecule has 0 aliphatic rings. The lowest BCUT2D eigenvalue weighted by atomic mass is 10.1. The lowest BCUT2D eigenvalue weighted by molar-refractivity contribution is 0.399. The van der Waals surface area contributed by atoms with E-state index in [2.05, 4.69) is 34.3 Å². The fourth-order valence-electron chi connectivity index (χ4n) is 0.677. The van der Waals surface area contributed by atoms with Crippen LogP contribution in [-0.4, -0.2) is 12.2 Å². The van der Waals surface area contributed by atoms with Crippen molar-refractivity contribution in [1.29, 1.82) is 0 Å². The molecule has 1 heteroatoms. The molecule has 0 aromatic carbocycles. The van der Waals surface area contributed by atoms with Crippen molar-refractivity contribution in [1.82, 2.24) is 0 Å². The van der Waals surface area contributed by atoms with Gasteiger partial charge in [0.1, 0.15) is 0 Å². The van der Waals surface area contributed by atoms with Crippen LogP contribution in [0, 0.1) is 0 Å². The third-order valence-electron chi connectivity index (χ3n) is 1.21. The molecule has 0 aromatic rings. The Kier molecular flexibility index (Phi) is 59.9. The molecule has 1 N–H and O–H groups in total. The highest BCUT2D eigenvalue weighted by atomic mass is 16.2. The van der Waals surface area contributed by atoms with E-state index in [9.17, 15) is 0 Å². The lowest BCUT2D eigenvalue weighted by Gasteiger charge is -1.94. The molecule has 96 valence electrons. The average Bonchev–Trinajstić information content (AvgIpc) is 2.25. The van der Waals surface area contributed by atoms with E-state index in [-0.39, 0.29) is 0 Å². The first-order valence-electron chi connectivity index (χ1n) is 6.28. The van der Waals surface area contributed by atoms with Crippen molar-refractivity contribution < 1.29 is 5.11 Å². The van der Waals surface area contributed by atoms with Gasteiger partial charge in [-0.1, -0.05) is 59.5 Å². The molecule has 0 rings (SSSR count). The largest absolute Gasteiger partial charge is 0.400 e. The Morgan fingerprint density at radius 3 is 1.53 bits per heavy atom. The molecule has 15 heavy (non-hydrogen) atoms. The van der Waals surface area contributed by atoms with E-state index < -0.39 is 0 Å². The monoisotopic (exact) mass is 218 g/mol. The van der Waals surface area contributed by atoms with Crippen LogP contribution in [0.2, 0.25) is 0 Å². The molecular formula is C14H34O. The Hall–Kier alpha value is -0.300. The van der Waals surface area contributed by atoms with Crippen LogP contribution in [0.25, 0.3) is 0 Å². The van der Waals surface area contributed by atoms with Gasteiger partial charge >= 0.3 is 0 Å². The van der Waals surface area contributed by atoms with Gasteiger partial charge in [-0.25, -0.2) is 0 Å². The zero-order chi connectivity index (χ0) is 13.1. The van der Waals surface area contributed by atoms with Crippen LogP contribution in [0.4, 0.5) is 0 Å². The number of aliphatic hydroxyl groups excluding tert-OH is 1. The Labute approximate surface area is 98.6 Å². The van der Waals surface area contributed by atoms with Crippen LogP contribution < -0.4 is 0 Å². The minimum absolute atomic E-state index is 1.00. The van der Waals surface area contributed by atoms with Gasteiger partial charge in [0.05, 0.1) is 0 Å². The summed E-state index contributed by atoms with van der Waals surface area (Å²) in [6, 6.07) is 0. The van der Waals surface area contributed by atoms with E-state index in [1.165, 1.54) is 37.7 Å². The van der Waals surface area contributed by atoms with E-state index in [0.29, 0.717) is 0 Å². The van der Waals surface area contributed by atoms with Gasteiger partial charge in [-0.3, -0.25) is 0 Å². The van der Waals surface area contributed by atoms with Gasteiger partial charge in [0.15, 0.2) is 0 Å². The number of hydrogen-bond acceptors (Lipinski definition) is 1. The SMILES string of the molecule is C=C(C)CCCCC.CC.CCC.CO. The molecule has 0 fully saturated rings. The second kappa shape index (κ2) is 37.3. The zero-order valence-electron chi connectivity index (χ0n) is 12.2. The summed E-state index contributed by atoms with van der Waals surface area (Å²) in [4.78, 5) is 0. The van der Waals surface area contributed by atoms with Gasteiger partial charge < -0.3 is 5.11 Å². The molecule has 0 aliphatic heterocycles. The topological polar surface area (TPSA) is 20.2 Å². The molecule has 0 bridgehead atoms. The third-order valence-corrected chi connectivity index (χ3v) is 1.21. The number of allylic oxidation sites excluding steroid dienone is 1. The molecule has 0 atom stereocenters. The average molecular weight is 218 g/mol. The maximum Gasteiger partial charge on any atom is 0.0319 e. The summed E-state index contributed by atoms with van der Waals surface area (Å²) in [5, 5.41) is 7.00. The van der Waals surface area contributed by atoms with E-state index in [1.807, 2.05) is 13.8 Å². The van der Waals surface area contributed by atoms with Crippen molar-refractivity contribution in [2.45, 2.75) is 73.6 Å². The molecule has 0 heterocycles. The van der Waals surface area contributed by atoms with Gasteiger partial charge in [0, 0.05) is 7.11 Å². The summed E-state index contributed by atoms with van der Waals surface area (Å²) in [6.45, 7) is 16.4. The molecule has 0 aromatic heterocycles. The maximum atomic E-state index is 7.00. The first-order chi connectivity index (χ1) is 7.18. The van der Waals surface area contributed by atoms with Gasteiger partial charge in [0.25, 0.3) is 0 Å². The molecule has 0 amide bonds. The second-order valence-electron chi connectivity index (χ2n) is 3.12. The number of unbranched alkanes of at least 4 members (excludes halogenated alkanes) is 2. The summed E-state index contributed by atoms with van der Waals surface area (Å²) in [6.07, 6.45) is 6.46. The fraction of sp³-hybridized carbons (Fsp3) is 0.857. The van der Waals surface area contributed by atoms with E-state index in [4.69, 9.17) is 5.11 Å². The van der Waals surface area contributed by atoms with Crippen molar-refractivity contribution in [2.75, 3.05) is 7.11 Å². The Morgan fingerprint density at radius 1 is 1.00 bits per heavy atom. The van der Waals surface area contributed by atoms with E-state index >= 15 is 0 Å². The highest BCUT2D eigenvalue weighted by Crippen LogP contribution is 2.04. The van der Waals surface area contributed by atoms with Crippen LogP contribution in [0.1, 0.15) is 73.6 Å². The van der Waals surface area contributed by atoms with Crippen LogP contribution in [0.3, 0.4) is 0 Å². The molecule has 1 nitrogen and oxygen atoms in total. The van der Waals surface area contributed by atoms with Crippen molar-refractivity contribution in [3.8, 4) is 0 Å². The number of aliphatic hydroxyl groups is 1. The van der Waals surface area contributed by atoms with E-state index in [1.54, 1.807) is 0 Å². The maximum absolute atomic E-state index is 7.00. The Bertz CT molecular complexity index is 77.4. The lowest BCUT2D eigenvalue weighted by Crippen LogP contribution is -1.74. The van der Waals surface area contributed by atoms with Crippen molar-refractivity contribution in [2.24, 2.45) is 0 Å². The zero-order valence-corrected chi connectivity index (χ0v) is 12.2. The van der Waals surface area contributed by atoms with Gasteiger partial charge in [0.2, 0.25) is 0 Å². The van der Waals surface area contributed by atoms with Crippen molar-refractivity contribution in [3.05, 3.63) is 12.2 Å². The molecule has 0 spiro atoms. The summed E-state index contributed by atoms with van der Waals surface area (Å²) in [5.74, 6) is 0. The van der Waals surface area contributed by atoms with Crippen LogP contribution in [-0.2, 0) is 0 Å². The fourth-order valence-corrected chi connectivity index (χ4v) is 0.677. The third kappa shape index (κ3) is 84.9. The van der Waals surface area contributed by atoms with Crippen LogP contribution in [0.5, 0.6) is 0 Å². The number of hydrogen-bond donors (Lipinski definition) is 1. The van der Waals surface area contributed by atoms with Gasteiger partial charge in [-0.15, -0.1) is 6.58 Å². The minimum atomic E-state index is 1.00. The van der Waals surface area contributed by atoms with Crippen LogP contribution in [0.15, 0.2) is 12.2 Å². The summed E-state index contributed by atoms with van der Waals surface area (Å²) >= 11 is 0. The molecule has 0 unspecified atom stereocenters. The molecule has 0 saturated carbocycles. The smallest absolute Gasteiger partial charge is 0.0319 e. The van der Waals surface area contributed by atoms with E-state index in [0.717, 1.165) is 7.11 Å². The van der Waals surface area contributed by atoms with Crippen molar-refractivity contribution in [3.63, 3.8) is 0 Å². The Morgan fingerprint density at radius 2 is 1.33 bits per heavy atom. The molecule has 0 radical (unpaired) electrons. The normalized spacial score (nSPS) is 6.93. The highest BCUT2D eigenvalue weighted by Gasteiger charge is 1.84. The number of rotatable bonds is 4. The van der Waals surface area contributed by atoms with Gasteiger partial charge in [-0.05, 0) is 19.8 Å². The first-order valence-corrected chi connectivity index (χ1v) is 6.28. The quantitative estimate of drug-likeness (QED) is 0.508. The second-order valence-corrected chi connectivity index (χ2v) is 3.12. The molecule has 0 saturated heterocycles. The highest BCUT2D eigenvalue weighted by molar-refractivity contribution is 4.86. The summed E-state index contributed by atoms with van der Waals surface area (Å²) in [5.41, 5.74) is 1.32. The Balaban J connectivity index is -0.0000000726. The summed E-state index contributed by atoms with van der Waals surface area (Å²) in [7, 11) is 1.00. The summed E-state index contributed by atoms with van der Waals surface area (Å²) < 4.78 is 0. The van der Waals surface area contributed by atoms with Crippen molar-refractivity contribution >= 4 is 0 Å².